The predicted molar refractivity (Wildman–Crippen MR) is 300 cm³/mol. The number of fused-ring (bicyclic) bond motifs is 18. The first kappa shape index (κ1) is 30.0. The minimum Gasteiger partial charge on any atom is -0.456 e. The standard InChI is InChI=1S/C66H38N4O2/c1-3-15-39(16-4-1)67(41-31-33-61-51(35-41)43-19-7-9-29-59(43)71-61)53-25-13-27-55-63(53)47-23-11-21-45-49-38-58-50(37-57(49)69(55)65(45)47)46-22-12-24-48-64-54(26-14-28-56(64)70(58)66(46)48)68(40-17-5-2-6-18-40)42-32-34-62-52(36-42)44-20-8-10-30-60(44)72-62/h1-38H/i1D,2D,3D,4D,5D,6D,15D,16D,17D,18D. The van der Waals surface area contributed by atoms with Gasteiger partial charge in [0.1, 0.15) is 22.3 Å². The van der Waals surface area contributed by atoms with Crippen molar-refractivity contribution >= 4 is 154 Å². The minimum atomic E-state index is -0.475. The van der Waals surface area contributed by atoms with E-state index >= 15 is 0 Å². The van der Waals surface area contributed by atoms with Gasteiger partial charge >= 0.3 is 0 Å². The molecule has 6 heterocycles. The van der Waals surface area contributed by atoms with Crippen molar-refractivity contribution in [1.82, 2.24) is 8.80 Å². The number of hydrogen-bond donors (Lipinski definition) is 0. The van der Waals surface area contributed by atoms with Crippen LogP contribution in [-0.4, -0.2) is 8.80 Å². The second-order valence-electron chi connectivity index (χ2n) is 18.5. The number of anilines is 6. The normalized spacial score (nSPS) is 14.4. The number of hydrogen-bond acceptors (Lipinski definition) is 4. The maximum atomic E-state index is 9.37. The van der Waals surface area contributed by atoms with Crippen LogP contribution >= 0.6 is 0 Å². The van der Waals surface area contributed by atoms with Crippen LogP contribution in [0.15, 0.2) is 239 Å². The van der Waals surface area contributed by atoms with Crippen LogP contribution in [-0.2, 0) is 0 Å². The third-order valence-electron chi connectivity index (χ3n) is 14.9. The van der Waals surface area contributed by atoms with E-state index in [1.165, 1.54) is 0 Å². The first-order chi connectivity index (χ1) is 39.9. The molecule has 72 heavy (non-hydrogen) atoms. The molecule has 0 N–H and O–H groups in total. The van der Waals surface area contributed by atoms with Crippen molar-refractivity contribution < 1.29 is 22.5 Å². The highest BCUT2D eigenvalue weighted by Crippen LogP contribution is 2.51. The maximum Gasteiger partial charge on any atom is 0.135 e. The van der Waals surface area contributed by atoms with Crippen LogP contribution < -0.4 is 9.80 Å². The van der Waals surface area contributed by atoms with Crippen LogP contribution in [0.2, 0.25) is 0 Å². The smallest absolute Gasteiger partial charge is 0.135 e. The molecular formula is C66H38N4O2. The Bertz CT molecular complexity index is 5300. The van der Waals surface area contributed by atoms with Gasteiger partial charge in [-0.1, -0.05) is 121 Å². The summed E-state index contributed by atoms with van der Waals surface area (Å²) in [5.74, 6) is 0. The number of nitrogens with zero attached hydrogens (tertiary/aromatic N) is 4. The summed E-state index contributed by atoms with van der Waals surface area (Å²) >= 11 is 0. The molecule has 0 amide bonds. The van der Waals surface area contributed by atoms with Gasteiger partial charge in [-0.3, -0.25) is 0 Å². The van der Waals surface area contributed by atoms with Crippen molar-refractivity contribution in [3.05, 3.63) is 230 Å². The second kappa shape index (κ2) is 13.9. The van der Waals surface area contributed by atoms with Crippen LogP contribution in [0.5, 0.6) is 0 Å². The van der Waals surface area contributed by atoms with Crippen molar-refractivity contribution in [2.24, 2.45) is 0 Å². The Morgan fingerprint density at radius 3 is 1.18 bits per heavy atom. The fourth-order valence-electron chi connectivity index (χ4n) is 12.1. The number of rotatable bonds is 6. The SMILES string of the molecule is [2H]c1c([2H])c([2H])c(N(c2ccc3oc4ccccc4c3c2)c2cccc3c2c2cccc4c5cc6c(cc5n3c42)c2cccc3c4c(N(c5ccc7oc8ccccc8c7c5)c5c([2H])c([2H])c([2H])c([2H])c5[2H])cccc4n6c23)c([2H])c1[2H]. The Morgan fingerprint density at radius 1 is 0.306 bits per heavy atom. The zero-order valence-electron chi connectivity index (χ0n) is 47.8. The molecule has 6 aromatic heterocycles. The highest BCUT2D eigenvalue weighted by molar-refractivity contribution is 6.31. The average molecular weight is 929 g/mol. The molecule has 17 rings (SSSR count). The summed E-state index contributed by atoms with van der Waals surface area (Å²) in [7, 11) is 0. The van der Waals surface area contributed by atoms with Gasteiger partial charge in [-0.05, 0) is 109 Å². The lowest BCUT2D eigenvalue weighted by Gasteiger charge is -2.26. The molecule has 11 aromatic carbocycles. The van der Waals surface area contributed by atoms with E-state index in [9.17, 15) is 5.48 Å². The Balaban J connectivity index is 0.923. The molecule has 0 aliphatic heterocycles. The summed E-state index contributed by atoms with van der Waals surface area (Å²) in [5, 5.41) is 10.9. The highest BCUT2D eigenvalue weighted by Gasteiger charge is 2.27. The monoisotopic (exact) mass is 928 g/mol. The van der Waals surface area contributed by atoms with Crippen LogP contribution in [0.25, 0.3) is 120 Å². The zero-order valence-corrected chi connectivity index (χ0v) is 37.8. The molecule has 0 radical (unpaired) electrons. The van der Waals surface area contributed by atoms with Crippen LogP contribution in [0.1, 0.15) is 13.7 Å². The topological polar surface area (TPSA) is 41.6 Å². The van der Waals surface area contributed by atoms with Gasteiger partial charge in [0.2, 0.25) is 0 Å². The van der Waals surface area contributed by atoms with E-state index in [2.05, 4.69) is 57.3 Å². The zero-order chi connectivity index (χ0) is 55.5. The van der Waals surface area contributed by atoms with Crippen molar-refractivity contribution in [2.45, 2.75) is 0 Å². The summed E-state index contributed by atoms with van der Waals surface area (Å²) < 4.78 is 107. The molecule has 0 atom stereocenters. The number of benzene rings is 11. The quantitative estimate of drug-likeness (QED) is 0.167. The average Bonchev–Trinajstić information content (AvgIpc) is 2.01. The van der Waals surface area contributed by atoms with Crippen molar-refractivity contribution in [1.29, 1.82) is 0 Å². The molecule has 0 aliphatic rings. The van der Waals surface area contributed by atoms with Gasteiger partial charge in [0, 0.05) is 87.4 Å². The van der Waals surface area contributed by atoms with E-state index in [0.29, 0.717) is 45.1 Å². The van der Waals surface area contributed by atoms with Gasteiger partial charge in [0.15, 0.2) is 0 Å². The van der Waals surface area contributed by atoms with Gasteiger partial charge in [-0.2, -0.15) is 0 Å². The second-order valence-corrected chi connectivity index (χ2v) is 18.5. The van der Waals surface area contributed by atoms with Gasteiger partial charge in [-0.25, -0.2) is 0 Å². The maximum absolute atomic E-state index is 9.37. The molecule has 0 bridgehead atoms. The lowest BCUT2D eigenvalue weighted by Crippen LogP contribution is -2.10. The first-order valence-electron chi connectivity index (χ1n) is 28.8. The summed E-state index contributed by atoms with van der Waals surface area (Å²) in [6.45, 7) is 0. The predicted octanol–water partition coefficient (Wildman–Crippen LogP) is 18.7. The van der Waals surface area contributed by atoms with Gasteiger partial charge in [0.05, 0.1) is 58.2 Å². The van der Waals surface area contributed by atoms with Gasteiger partial charge < -0.3 is 27.4 Å². The van der Waals surface area contributed by atoms with E-state index < -0.39 is 36.3 Å². The largest absolute Gasteiger partial charge is 0.456 e. The Hall–Kier alpha value is -9.78. The highest BCUT2D eigenvalue weighted by atomic mass is 16.3. The van der Waals surface area contributed by atoms with Gasteiger partial charge in [0.25, 0.3) is 0 Å². The van der Waals surface area contributed by atoms with Crippen LogP contribution in [0.3, 0.4) is 0 Å². The van der Waals surface area contributed by atoms with Crippen LogP contribution in [0, 0.1) is 0 Å². The van der Waals surface area contributed by atoms with E-state index in [0.717, 1.165) is 97.7 Å². The molecule has 0 saturated carbocycles. The molecule has 0 unspecified atom stereocenters. The molecule has 0 aliphatic carbocycles. The summed E-state index contributed by atoms with van der Waals surface area (Å²) in [6.07, 6.45) is 0. The van der Waals surface area contributed by atoms with Crippen molar-refractivity contribution in [2.75, 3.05) is 9.80 Å². The Labute approximate surface area is 424 Å². The van der Waals surface area contributed by atoms with Crippen molar-refractivity contribution in [3.63, 3.8) is 0 Å². The van der Waals surface area contributed by atoms with Gasteiger partial charge in [-0.15, -0.1) is 0 Å². The molecular weight excluding hydrogens is 881 g/mol. The van der Waals surface area contributed by atoms with E-state index in [1.54, 1.807) is 9.80 Å². The van der Waals surface area contributed by atoms with Crippen molar-refractivity contribution in [3.8, 4) is 0 Å². The fourth-order valence-corrected chi connectivity index (χ4v) is 12.1. The minimum absolute atomic E-state index is 0.0208. The molecule has 0 fully saturated rings. The first-order valence-corrected chi connectivity index (χ1v) is 23.8. The Morgan fingerprint density at radius 2 is 0.708 bits per heavy atom. The molecule has 6 heteroatoms. The molecule has 0 spiro atoms. The molecule has 334 valence electrons. The van der Waals surface area contributed by atoms with E-state index in [4.69, 9.17) is 17.1 Å². The lowest BCUT2D eigenvalue weighted by atomic mass is 10.0. The summed E-state index contributed by atoms with van der Waals surface area (Å²) in [6, 6.07) is 51.9. The third kappa shape index (κ3) is 4.97. The van der Waals surface area contributed by atoms with E-state index in [-0.39, 0.29) is 35.5 Å². The van der Waals surface area contributed by atoms with E-state index in [1.807, 2.05) is 121 Å². The number of para-hydroxylation sites is 6. The lowest BCUT2D eigenvalue weighted by molar-refractivity contribution is 0.668. The molecule has 0 saturated heterocycles. The Kier molecular flexibility index (Phi) is 5.80. The molecule has 6 nitrogen and oxygen atoms in total. The third-order valence-corrected chi connectivity index (χ3v) is 14.9. The fraction of sp³-hybridized carbons (Fsp3) is 0. The number of aromatic nitrogens is 2. The summed E-state index contributed by atoms with van der Waals surface area (Å²) in [5.41, 5.74) is 10.8. The summed E-state index contributed by atoms with van der Waals surface area (Å²) in [4.78, 5) is 3.60. The van der Waals surface area contributed by atoms with Crippen LogP contribution in [0.4, 0.5) is 34.1 Å². The molecule has 17 aromatic rings. The number of furan rings is 2.